The summed E-state index contributed by atoms with van der Waals surface area (Å²) in [5.74, 6) is 0.600. The van der Waals surface area contributed by atoms with Crippen LogP contribution in [0.2, 0.25) is 0 Å². The average molecular weight is 369 g/mol. The lowest BCUT2D eigenvalue weighted by Crippen LogP contribution is -2.38. The molecule has 0 amide bonds. The van der Waals surface area contributed by atoms with Gasteiger partial charge in [0.2, 0.25) is 10.0 Å². The second-order valence-corrected chi connectivity index (χ2v) is 7.50. The van der Waals surface area contributed by atoms with E-state index in [2.05, 4.69) is 21.4 Å². The van der Waals surface area contributed by atoms with E-state index in [1.54, 1.807) is 18.4 Å². The van der Waals surface area contributed by atoms with Crippen molar-refractivity contribution in [2.24, 2.45) is 0 Å². The van der Waals surface area contributed by atoms with E-state index in [4.69, 9.17) is 4.42 Å². The van der Waals surface area contributed by atoms with Gasteiger partial charge < -0.3 is 9.84 Å². The summed E-state index contributed by atoms with van der Waals surface area (Å²) < 4.78 is 31.5. The topological polar surface area (TPSA) is 62.6 Å². The summed E-state index contributed by atoms with van der Waals surface area (Å²) in [5.41, 5.74) is 4.41. The van der Waals surface area contributed by atoms with Crippen LogP contribution in [-0.2, 0) is 10.0 Å². The van der Waals surface area contributed by atoms with Crippen LogP contribution in [0.15, 0.2) is 57.6 Å². The van der Waals surface area contributed by atoms with Gasteiger partial charge in [-0.05, 0) is 35.9 Å². The Morgan fingerprint density at radius 1 is 1.24 bits per heavy atom. The molecule has 0 radical (unpaired) electrons. The van der Waals surface area contributed by atoms with E-state index in [9.17, 15) is 8.42 Å². The molecular weight excluding hydrogens is 356 g/mol. The summed E-state index contributed by atoms with van der Waals surface area (Å²) in [6.07, 6.45) is 4.56. The van der Waals surface area contributed by atoms with Crippen LogP contribution in [0.25, 0.3) is 5.70 Å². The highest BCUT2D eigenvalue weighted by molar-refractivity contribution is 9.10. The highest BCUT2D eigenvalue weighted by Crippen LogP contribution is 2.33. The molecular formula is C14H13BrN2O3S. The molecule has 110 valence electrons. The van der Waals surface area contributed by atoms with Gasteiger partial charge in [-0.2, -0.15) is 0 Å². The van der Waals surface area contributed by atoms with Crippen LogP contribution in [0.4, 0.5) is 0 Å². The Balaban J connectivity index is 2.02. The van der Waals surface area contributed by atoms with E-state index in [-0.39, 0.29) is 0 Å². The molecule has 3 rings (SSSR count). The van der Waals surface area contributed by atoms with Gasteiger partial charge in [-0.15, -0.1) is 4.41 Å². The molecule has 1 atom stereocenters. The quantitative estimate of drug-likeness (QED) is 0.904. The van der Waals surface area contributed by atoms with Crippen molar-refractivity contribution in [2.75, 3.05) is 6.26 Å². The molecule has 0 unspecified atom stereocenters. The molecule has 0 aliphatic carbocycles. The third-order valence-electron chi connectivity index (χ3n) is 3.16. The Hall–Kier alpha value is -1.57. The minimum atomic E-state index is -3.42. The standard InChI is InChI=1S/C14H13BrN2O3S/c1-21(18,19)17-13(10-4-6-11(15)7-5-10)9-12(16-17)14-3-2-8-20-14/h2-9,13,16H,1H3/t13-/m1/s1. The molecule has 0 saturated carbocycles. The Labute approximate surface area is 131 Å². The lowest BCUT2D eigenvalue weighted by atomic mass is 10.1. The van der Waals surface area contributed by atoms with Crippen LogP contribution in [0.1, 0.15) is 17.4 Å². The number of benzene rings is 1. The van der Waals surface area contributed by atoms with Crippen molar-refractivity contribution < 1.29 is 12.8 Å². The maximum atomic E-state index is 12.0. The predicted molar refractivity (Wildman–Crippen MR) is 83.4 cm³/mol. The second kappa shape index (κ2) is 5.32. The van der Waals surface area contributed by atoms with Crippen molar-refractivity contribution in [3.63, 3.8) is 0 Å². The number of hydrogen-bond acceptors (Lipinski definition) is 4. The largest absolute Gasteiger partial charge is 0.463 e. The number of sulfonamides is 1. The summed E-state index contributed by atoms with van der Waals surface area (Å²) in [6.45, 7) is 0. The van der Waals surface area contributed by atoms with Gasteiger partial charge >= 0.3 is 0 Å². The zero-order valence-electron chi connectivity index (χ0n) is 11.2. The maximum absolute atomic E-state index is 12.0. The van der Waals surface area contributed by atoms with Crippen LogP contribution in [0, 0.1) is 0 Å². The Morgan fingerprint density at radius 3 is 2.52 bits per heavy atom. The summed E-state index contributed by atoms with van der Waals surface area (Å²) in [6, 6.07) is 10.7. The first kappa shape index (κ1) is 14.4. The summed E-state index contributed by atoms with van der Waals surface area (Å²) >= 11 is 3.37. The van der Waals surface area contributed by atoms with Crippen molar-refractivity contribution in [2.45, 2.75) is 6.04 Å². The summed E-state index contributed by atoms with van der Waals surface area (Å²) in [4.78, 5) is 0. The Morgan fingerprint density at radius 2 is 1.95 bits per heavy atom. The number of halogens is 1. The highest BCUT2D eigenvalue weighted by atomic mass is 79.9. The highest BCUT2D eigenvalue weighted by Gasteiger charge is 2.33. The van der Waals surface area contributed by atoms with Crippen molar-refractivity contribution in [1.29, 1.82) is 0 Å². The molecule has 0 saturated heterocycles. The first-order valence-corrected chi connectivity index (χ1v) is 8.86. The molecule has 21 heavy (non-hydrogen) atoms. The molecule has 1 N–H and O–H groups in total. The van der Waals surface area contributed by atoms with Gasteiger partial charge in [0.25, 0.3) is 0 Å². The normalized spacial score (nSPS) is 19.3. The van der Waals surface area contributed by atoms with Crippen LogP contribution >= 0.6 is 15.9 Å². The molecule has 1 aromatic heterocycles. The Kier molecular flexibility index (Phi) is 3.64. The molecule has 1 aromatic carbocycles. The van der Waals surface area contributed by atoms with Crippen LogP contribution in [0.5, 0.6) is 0 Å². The molecule has 2 aromatic rings. The molecule has 0 spiro atoms. The van der Waals surface area contributed by atoms with Crippen LogP contribution in [-0.4, -0.2) is 19.1 Å². The first-order valence-electron chi connectivity index (χ1n) is 6.22. The van der Waals surface area contributed by atoms with E-state index >= 15 is 0 Å². The number of hydrazine groups is 1. The van der Waals surface area contributed by atoms with Crippen molar-refractivity contribution in [3.8, 4) is 0 Å². The molecule has 0 bridgehead atoms. The smallest absolute Gasteiger partial charge is 0.228 e. The lowest BCUT2D eigenvalue weighted by molar-refractivity contribution is 0.349. The molecule has 2 heterocycles. The monoisotopic (exact) mass is 368 g/mol. The number of furan rings is 1. The minimum Gasteiger partial charge on any atom is -0.463 e. The first-order chi connectivity index (χ1) is 9.95. The number of hydrogen-bond donors (Lipinski definition) is 1. The van der Waals surface area contributed by atoms with Gasteiger partial charge in [-0.1, -0.05) is 28.1 Å². The number of rotatable bonds is 3. The fourth-order valence-corrected chi connectivity index (χ4v) is 3.32. The van der Waals surface area contributed by atoms with E-state index < -0.39 is 16.1 Å². The molecule has 1 aliphatic heterocycles. The number of nitrogens with zero attached hydrogens (tertiary/aromatic N) is 1. The van der Waals surface area contributed by atoms with Crippen molar-refractivity contribution in [3.05, 3.63) is 64.5 Å². The van der Waals surface area contributed by atoms with Crippen LogP contribution < -0.4 is 5.43 Å². The summed E-state index contributed by atoms with van der Waals surface area (Å²) in [7, 11) is -3.42. The lowest BCUT2D eigenvalue weighted by Gasteiger charge is -2.22. The molecule has 5 nitrogen and oxygen atoms in total. The van der Waals surface area contributed by atoms with Gasteiger partial charge in [0.1, 0.15) is 0 Å². The van der Waals surface area contributed by atoms with E-state index in [0.29, 0.717) is 11.5 Å². The SMILES string of the molecule is CS(=O)(=O)N1NC(c2ccco2)=C[C@@H]1c1ccc(Br)cc1. The van der Waals surface area contributed by atoms with Crippen LogP contribution in [0.3, 0.4) is 0 Å². The summed E-state index contributed by atoms with van der Waals surface area (Å²) in [5, 5.41) is 0. The minimum absolute atomic E-state index is 0.409. The zero-order valence-corrected chi connectivity index (χ0v) is 13.6. The fraction of sp³-hybridized carbons (Fsp3) is 0.143. The van der Waals surface area contributed by atoms with Crippen molar-refractivity contribution >= 4 is 31.7 Å². The van der Waals surface area contributed by atoms with Crippen molar-refractivity contribution in [1.82, 2.24) is 9.84 Å². The Bertz CT molecular complexity index is 767. The van der Waals surface area contributed by atoms with Gasteiger partial charge in [0.15, 0.2) is 5.76 Å². The van der Waals surface area contributed by atoms with Gasteiger partial charge in [-0.25, -0.2) is 8.42 Å². The van der Waals surface area contributed by atoms with E-state index in [0.717, 1.165) is 10.0 Å². The van der Waals surface area contributed by atoms with Gasteiger partial charge in [0, 0.05) is 4.47 Å². The van der Waals surface area contributed by atoms with E-state index in [1.807, 2.05) is 30.3 Å². The predicted octanol–water partition coefficient (Wildman–Crippen LogP) is 2.90. The second-order valence-electron chi connectivity index (χ2n) is 4.72. The fourth-order valence-electron chi connectivity index (χ4n) is 2.20. The zero-order chi connectivity index (χ0) is 15.0. The maximum Gasteiger partial charge on any atom is 0.228 e. The molecule has 1 aliphatic rings. The average Bonchev–Trinajstić information content (AvgIpc) is 3.07. The van der Waals surface area contributed by atoms with Gasteiger partial charge in [0.05, 0.1) is 24.3 Å². The van der Waals surface area contributed by atoms with Gasteiger partial charge in [-0.3, -0.25) is 0 Å². The number of nitrogens with one attached hydrogen (secondary N) is 1. The third-order valence-corrected chi connectivity index (χ3v) is 4.72. The molecule has 7 heteroatoms. The van der Waals surface area contributed by atoms with E-state index in [1.165, 1.54) is 10.7 Å². The third kappa shape index (κ3) is 2.90. The molecule has 0 fully saturated rings.